The van der Waals surface area contributed by atoms with E-state index in [0.29, 0.717) is 5.69 Å². The molecular weight excluding hydrogens is 204 g/mol. The summed E-state index contributed by atoms with van der Waals surface area (Å²) < 4.78 is 24.3. The molecule has 3 nitrogen and oxygen atoms in total. The van der Waals surface area contributed by atoms with Crippen LogP contribution in [0.5, 0.6) is 0 Å². The van der Waals surface area contributed by atoms with Crippen molar-refractivity contribution in [1.82, 2.24) is 0 Å². The molecule has 0 aliphatic carbocycles. The number of anilines is 1. The maximum Gasteiger partial charge on any atom is 0.263 e. The van der Waals surface area contributed by atoms with Gasteiger partial charge in [0.1, 0.15) is 0 Å². The molecule has 84 valence electrons. The van der Waals surface area contributed by atoms with Gasteiger partial charge in [-0.2, -0.15) is 0 Å². The van der Waals surface area contributed by atoms with E-state index in [-0.39, 0.29) is 18.7 Å². The Morgan fingerprint density at radius 2 is 1.80 bits per heavy atom. The normalized spacial score (nSPS) is 12.9. The Bertz CT molecular complexity index is 290. The molecule has 0 aliphatic heterocycles. The Labute approximate surface area is 86.4 Å². The predicted molar refractivity (Wildman–Crippen MR) is 53.0 cm³/mol. The van der Waals surface area contributed by atoms with E-state index in [9.17, 15) is 8.78 Å². The SMILES string of the molecule is OCC(O)CNc1ccc(C(F)F)cc1. The topological polar surface area (TPSA) is 52.5 Å². The van der Waals surface area contributed by atoms with E-state index in [0.717, 1.165) is 0 Å². The van der Waals surface area contributed by atoms with Gasteiger partial charge in [0, 0.05) is 17.8 Å². The minimum Gasteiger partial charge on any atom is -0.394 e. The highest BCUT2D eigenvalue weighted by Gasteiger charge is 2.06. The fourth-order valence-corrected chi connectivity index (χ4v) is 1.05. The van der Waals surface area contributed by atoms with Crippen LogP contribution in [-0.2, 0) is 0 Å². The van der Waals surface area contributed by atoms with E-state index in [2.05, 4.69) is 5.32 Å². The molecule has 0 saturated heterocycles. The first kappa shape index (κ1) is 11.9. The largest absolute Gasteiger partial charge is 0.394 e. The second-order valence-corrected chi connectivity index (χ2v) is 3.14. The number of halogens is 2. The molecule has 3 N–H and O–H groups in total. The summed E-state index contributed by atoms with van der Waals surface area (Å²) in [6.45, 7) is -0.146. The number of nitrogens with one attached hydrogen (secondary N) is 1. The van der Waals surface area contributed by atoms with Crippen molar-refractivity contribution in [1.29, 1.82) is 0 Å². The summed E-state index contributed by atoms with van der Waals surface area (Å²) in [5.74, 6) is 0. The molecule has 1 atom stereocenters. The molecule has 5 heteroatoms. The van der Waals surface area contributed by atoms with Gasteiger partial charge >= 0.3 is 0 Å². The van der Waals surface area contributed by atoms with Crippen molar-refractivity contribution in [3.8, 4) is 0 Å². The highest BCUT2D eigenvalue weighted by Crippen LogP contribution is 2.20. The van der Waals surface area contributed by atoms with E-state index >= 15 is 0 Å². The van der Waals surface area contributed by atoms with Gasteiger partial charge in [0.25, 0.3) is 6.43 Å². The van der Waals surface area contributed by atoms with Crippen LogP contribution < -0.4 is 5.32 Å². The number of hydrogen-bond donors (Lipinski definition) is 3. The molecule has 0 amide bonds. The number of alkyl halides is 2. The first-order valence-electron chi connectivity index (χ1n) is 4.54. The Morgan fingerprint density at radius 1 is 1.20 bits per heavy atom. The van der Waals surface area contributed by atoms with Crippen LogP contribution in [0.25, 0.3) is 0 Å². The molecule has 0 heterocycles. The number of aliphatic hydroxyl groups excluding tert-OH is 2. The zero-order valence-corrected chi connectivity index (χ0v) is 8.03. The van der Waals surface area contributed by atoms with Crippen LogP contribution in [0.1, 0.15) is 12.0 Å². The Balaban J connectivity index is 2.50. The van der Waals surface area contributed by atoms with Crippen LogP contribution in [0.4, 0.5) is 14.5 Å². The average molecular weight is 217 g/mol. The number of benzene rings is 1. The lowest BCUT2D eigenvalue weighted by Crippen LogP contribution is -2.22. The first-order valence-corrected chi connectivity index (χ1v) is 4.54. The minimum atomic E-state index is -2.47. The molecule has 15 heavy (non-hydrogen) atoms. The smallest absolute Gasteiger partial charge is 0.263 e. The van der Waals surface area contributed by atoms with Gasteiger partial charge in [0.15, 0.2) is 0 Å². The molecule has 0 spiro atoms. The zero-order chi connectivity index (χ0) is 11.3. The summed E-state index contributed by atoms with van der Waals surface area (Å²) in [6, 6.07) is 5.65. The fourth-order valence-electron chi connectivity index (χ4n) is 1.05. The van der Waals surface area contributed by atoms with Crippen LogP contribution in [0.15, 0.2) is 24.3 Å². The fraction of sp³-hybridized carbons (Fsp3) is 0.400. The van der Waals surface area contributed by atoms with Gasteiger partial charge in [0.05, 0.1) is 12.7 Å². The molecule has 0 fully saturated rings. The number of aliphatic hydroxyl groups is 2. The van der Waals surface area contributed by atoms with Crippen molar-refractivity contribution in [3.63, 3.8) is 0 Å². The molecule has 0 radical (unpaired) electrons. The Kier molecular flexibility index (Phi) is 4.45. The van der Waals surface area contributed by atoms with Crippen LogP contribution in [0.2, 0.25) is 0 Å². The standard InChI is InChI=1S/C10H13F2NO2/c11-10(12)7-1-3-8(4-2-7)13-5-9(15)6-14/h1-4,9-10,13-15H,5-6H2. The van der Waals surface area contributed by atoms with Gasteiger partial charge in [-0.05, 0) is 12.1 Å². The van der Waals surface area contributed by atoms with Crippen LogP contribution in [-0.4, -0.2) is 29.5 Å². The monoisotopic (exact) mass is 217 g/mol. The molecule has 0 bridgehead atoms. The van der Waals surface area contributed by atoms with E-state index in [1.165, 1.54) is 24.3 Å². The predicted octanol–water partition coefficient (Wildman–Crippen LogP) is 1.39. The van der Waals surface area contributed by atoms with Crippen molar-refractivity contribution < 1.29 is 19.0 Å². The molecule has 1 unspecified atom stereocenters. The molecule has 1 rings (SSSR count). The van der Waals surface area contributed by atoms with E-state index in [1.807, 2.05) is 0 Å². The third-order valence-corrected chi connectivity index (χ3v) is 1.92. The molecular formula is C10H13F2NO2. The first-order chi connectivity index (χ1) is 7.13. The van der Waals surface area contributed by atoms with Crippen LogP contribution >= 0.6 is 0 Å². The summed E-state index contributed by atoms with van der Waals surface area (Å²) in [5.41, 5.74) is 0.593. The molecule has 0 aliphatic rings. The van der Waals surface area contributed by atoms with E-state index in [4.69, 9.17) is 10.2 Å². The quantitative estimate of drug-likeness (QED) is 0.698. The third kappa shape index (κ3) is 3.81. The zero-order valence-electron chi connectivity index (χ0n) is 8.03. The summed E-state index contributed by atoms with van der Waals surface area (Å²) in [4.78, 5) is 0. The molecule has 0 saturated carbocycles. The van der Waals surface area contributed by atoms with Crippen molar-refractivity contribution in [2.75, 3.05) is 18.5 Å². The van der Waals surface area contributed by atoms with Gasteiger partial charge in [-0.25, -0.2) is 8.78 Å². The summed E-state index contributed by atoms with van der Waals surface area (Å²) in [5, 5.41) is 20.4. The van der Waals surface area contributed by atoms with Gasteiger partial charge < -0.3 is 15.5 Å². The molecule has 1 aromatic rings. The highest BCUT2D eigenvalue weighted by atomic mass is 19.3. The second-order valence-electron chi connectivity index (χ2n) is 3.14. The van der Waals surface area contributed by atoms with Crippen LogP contribution in [0, 0.1) is 0 Å². The third-order valence-electron chi connectivity index (χ3n) is 1.92. The maximum atomic E-state index is 12.2. The van der Waals surface area contributed by atoms with Crippen molar-refractivity contribution in [3.05, 3.63) is 29.8 Å². The van der Waals surface area contributed by atoms with Gasteiger partial charge in [-0.3, -0.25) is 0 Å². The van der Waals surface area contributed by atoms with Crippen LogP contribution in [0.3, 0.4) is 0 Å². The van der Waals surface area contributed by atoms with Crippen molar-refractivity contribution in [2.24, 2.45) is 0 Å². The van der Waals surface area contributed by atoms with Gasteiger partial charge in [0.2, 0.25) is 0 Å². The van der Waals surface area contributed by atoms with Gasteiger partial charge in [-0.1, -0.05) is 12.1 Å². The molecule has 1 aromatic carbocycles. The number of rotatable bonds is 5. The minimum absolute atomic E-state index is 0.0387. The summed E-state index contributed by atoms with van der Waals surface area (Å²) >= 11 is 0. The lowest BCUT2D eigenvalue weighted by Gasteiger charge is -2.10. The lowest BCUT2D eigenvalue weighted by molar-refractivity contribution is 0.105. The molecule has 0 aromatic heterocycles. The second kappa shape index (κ2) is 5.63. The van der Waals surface area contributed by atoms with Crippen molar-refractivity contribution >= 4 is 5.69 Å². The average Bonchev–Trinajstić information content (AvgIpc) is 2.26. The number of hydrogen-bond acceptors (Lipinski definition) is 3. The maximum absolute atomic E-state index is 12.2. The van der Waals surface area contributed by atoms with Crippen molar-refractivity contribution in [2.45, 2.75) is 12.5 Å². The van der Waals surface area contributed by atoms with E-state index in [1.54, 1.807) is 0 Å². The highest BCUT2D eigenvalue weighted by molar-refractivity contribution is 5.44. The Morgan fingerprint density at radius 3 is 2.27 bits per heavy atom. The van der Waals surface area contributed by atoms with E-state index < -0.39 is 12.5 Å². The summed E-state index contributed by atoms with van der Waals surface area (Å²) in [7, 11) is 0. The Hall–Kier alpha value is -1.20. The lowest BCUT2D eigenvalue weighted by atomic mass is 10.2. The van der Waals surface area contributed by atoms with Gasteiger partial charge in [-0.15, -0.1) is 0 Å². The summed E-state index contributed by atoms with van der Waals surface area (Å²) in [6.07, 6.45) is -3.32.